The quantitative estimate of drug-likeness (QED) is 0.871. The van der Waals surface area contributed by atoms with Crippen LogP contribution in [0.2, 0.25) is 0 Å². The van der Waals surface area contributed by atoms with Crippen LogP contribution in [0, 0.1) is 23.6 Å². The van der Waals surface area contributed by atoms with Gasteiger partial charge in [-0.3, -0.25) is 9.78 Å². The van der Waals surface area contributed by atoms with Crippen molar-refractivity contribution in [2.24, 2.45) is 17.8 Å². The first-order valence-corrected chi connectivity index (χ1v) is 8.50. The summed E-state index contributed by atoms with van der Waals surface area (Å²) >= 11 is 0. The highest BCUT2D eigenvalue weighted by molar-refractivity contribution is 5.92. The van der Waals surface area contributed by atoms with Gasteiger partial charge in [0.2, 0.25) is 0 Å². The largest absolute Gasteiger partial charge is 0.337 e. The van der Waals surface area contributed by atoms with Crippen LogP contribution in [0.4, 0.5) is 4.39 Å². The predicted octanol–water partition coefficient (Wildman–Crippen LogP) is 2.96. The highest BCUT2D eigenvalue weighted by Gasteiger charge is 2.44. The van der Waals surface area contributed by atoms with Crippen LogP contribution in [0.15, 0.2) is 42.9 Å². The van der Waals surface area contributed by atoms with Gasteiger partial charge in [0.05, 0.1) is 6.20 Å². The number of carbonyl (C=O) groups excluding carboxylic acids is 1. The van der Waals surface area contributed by atoms with Crippen molar-refractivity contribution in [3.05, 3.63) is 59.9 Å². The van der Waals surface area contributed by atoms with E-state index in [1.807, 2.05) is 11.0 Å². The minimum atomic E-state index is -0.173. The van der Waals surface area contributed by atoms with E-state index >= 15 is 0 Å². The first-order valence-electron chi connectivity index (χ1n) is 8.50. The Morgan fingerprint density at radius 3 is 2.96 bits per heavy atom. The molecule has 0 N–H and O–H groups in total. The summed E-state index contributed by atoms with van der Waals surface area (Å²) in [5.74, 6) is 1.39. The topological polar surface area (TPSA) is 46.1 Å². The minimum Gasteiger partial charge on any atom is -0.337 e. The van der Waals surface area contributed by atoms with E-state index in [1.54, 1.807) is 24.5 Å². The molecule has 0 spiro atoms. The predicted molar refractivity (Wildman–Crippen MR) is 87.7 cm³/mol. The van der Waals surface area contributed by atoms with Crippen molar-refractivity contribution in [2.45, 2.75) is 19.3 Å². The smallest absolute Gasteiger partial charge is 0.274 e. The summed E-state index contributed by atoms with van der Waals surface area (Å²) in [4.78, 5) is 22.6. The minimum absolute atomic E-state index is 0.0259. The van der Waals surface area contributed by atoms with E-state index in [2.05, 4.69) is 9.97 Å². The van der Waals surface area contributed by atoms with Crippen LogP contribution in [0.5, 0.6) is 0 Å². The SMILES string of the molecule is O=C(c1cnccn1)N1C[C@H]2CC[C@H](Cc3cccc(F)c3)[C@H]2C1. The molecular formula is C19H20FN3O. The number of benzene rings is 1. The lowest BCUT2D eigenvalue weighted by Crippen LogP contribution is -2.31. The van der Waals surface area contributed by atoms with E-state index in [9.17, 15) is 9.18 Å². The van der Waals surface area contributed by atoms with Crippen LogP contribution >= 0.6 is 0 Å². The molecule has 1 amide bonds. The fourth-order valence-electron chi connectivity index (χ4n) is 4.34. The highest BCUT2D eigenvalue weighted by Crippen LogP contribution is 2.43. The van der Waals surface area contributed by atoms with Crippen molar-refractivity contribution in [1.82, 2.24) is 14.9 Å². The maximum atomic E-state index is 13.4. The lowest BCUT2D eigenvalue weighted by Gasteiger charge is -2.20. The van der Waals surface area contributed by atoms with Crippen molar-refractivity contribution in [2.75, 3.05) is 13.1 Å². The number of amides is 1. The van der Waals surface area contributed by atoms with E-state index in [1.165, 1.54) is 18.7 Å². The zero-order valence-corrected chi connectivity index (χ0v) is 13.4. The maximum Gasteiger partial charge on any atom is 0.274 e. The highest BCUT2D eigenvalue weighted by atomic mass is 19.1. The van der Waals surface area contributed by atoms with Gasteiger partial charge >= 0.3 is 0 Å². The number of nitrogens with zero attached hydrogens (tertiary/aromatic N) is 3. The molecule has 1 saturated carbocycles. The summed E-state index contributed by atoms with van der Waals surface area (Å²) < 4.78 is 13.4. The second-order valence-corrected chi connectivity index (χ2v) is 6.90. The number of aromatic nitrogens is 2. The number of hydrogen-bond acceptors (Lipinski definition) is 3. The number of likely N-dealkylation sites (tertiary alicyclic amines) is 1. The summed E-state index contributed by atoms with van der Waals surface area (Å²) in [6.45, 7) is 1.58. The zero-order valence-electron chi connectivity index (χ0n) is 13.4. The number of hydrogen-bond donors (Lipinski definition) is 0. The first-order chi connectivity index (χ1) is 11.7. The van der Waals surface area contributed by atoms with Crippen LogP contribution < -0.4 is 0 Å². The molecule has 1 aliphatic heterocycles. The van der Waals surface area contributed by atoms with Crippen molar-refractivity contribution >= 4 is 5.91 Å². The number of rotatable bonds is 3. The standard InChI is InChI=1S/C19H20FN3O/c20-16-3-1-2-13(9-16)8-14-4-5-15-11-23(12-17(14)15)19(24)18-10-21-6-7-22-18/h1-3,6-7,9-10,14-15,17H,4-5,8,11-12H2/t14-,15-,17-/m1/s1. The third kappa shape index (κ3) is 2.90. The Hall–Kier alpha value is -2.30. The van der Waals surface area contributed by atoms with E-state index in [0.717, 1.165) is 31.5 Å². The second kappa shape index (κ2) is 6.30. The number of halogens is 1. The summed E-state index contributed by atoms with van der Waals surface area (Å²) in [5, 5.41) is 0. The van der Waals surface area contributed by atoms with E-state index in [0.29, 0.717) is 23.4 Å². The van der Waals surface area contributed by atoms with Crippen molar-refractivity contribution < 1.29 is 9.18 Å². The average Bonchev–Trinajstić information content (AvgIpc) is 3.17. The Morgan fingerprint density at radius 1 is 1.25 bits per heavy atom. The molecule has 24 heavy (non-hydrogen) atoms. The van der Waals surface area contributed by atoms with Crippen molar-refractivity contribution in [1.29, 1.82) is 0 Å². The van der Waals surface area contributed by atoms with Gasteiger partial charge < -0.3 is 4.90 Å². The molecule has 0 radical (unpaired) electrons. The molecule has 4 nitrogen and oxygen atoms in total. The van der Waals surface area contributed by atoms with Gasteiger partial charge in [0.15, 0.2) is 0 Å². The first kappa shape index (κ1) is 15.2. The van der Waals surface area contributed by atoms with Crippen LogP contribution in [-0.2, 0) is 6.42 Å². The van der Waals surface area contributed by atoms with E-state index in [-0.39, 0.29) is 11.7 Å². The Labute approximate surface area is 140 Å². The molecule has 4 rings (SSSR count). The fraction of sp³-hybridized carbons (Fsp3) is 0.421. The van der Waals surface area contributed by atoms with Gasteiger partial charge in [-0.2, -0.15) is 0 Å². The molecule has 1 aromatic heterocycles. The monoisotopic (exact) mass is 325 g/mol. The molecular weight excluding hydrogens is 305 g/mol. The van der Waals surface area contributed by atoms with Crippen LogP contribution in [-0.4, -0.2) is 33.9 Å². The molecule has 2 aromatic rings. The summed E-state index contributed by atoms with van der Waals surface area (Å²) in [6, 6.07) is 6.88. The molecule has 124 valence electrons. The lowest BCUT2D eigenvalue weighted by molar-refractivity contribution is 0.0770. The van der Waals surface area contributed by atoms with Crippen LogP contribution in [0.25, 0.3) is 0 Å². The molecule has 0 bridgehead atoms. The average molecular weight is 325 g/mol. The van der Waals surface area contributed by atoms with Gasteiger partial charge in [-0.1, -0.05) is 12.1 Å². The zero-order chi connectivity index (χ0) is 16.5. The van der Waals surface area contributed by atoms with E-state index < -0.39 is 0 Å². The van der Waals surface area contributed by atoms with Crippen LogP contribution in [0.1, 0.15) is 28.9 Å². The lowest BCUT2D eigenvalue weighted by atomic mass is 9.87. The Morgan fingerprint density at radius 2 is 2.17 bits per heavy atom. The van der Waals surface area contributed by atoms with E-state index in [4.69, 9.17) is 0 Å². The molecule has 2 fully saturated rings. The van der Waals surface area contributed by atoms with Crippen molar-refractivity contribution in [3.63, 3.8) is 0 Å². The molecule has 2 heterocycles. The third-order valence-corrected chi connectivity index (χ3v) is 5.46. The van der Waals surface area contributed by atoms with Gasteiger partial charge in [-0.15, -0.1) is 0 Å². The number of carbonyl (C=O) groups is 1. The van der Waals surface area contributed by atoms with Crippen molar-refractivity contribution in [3.8, 4) is 0 Å². The van der Waals surface area contributed by atoms with Gasteiger partial charge in [0.1, 0.15) is 11.5 Å². The van der Waals surface area contributed by atoms with Gasteiger partial charge in [-0.05, 0) is 54.7 Å². The molecule has 5 heteroatoms. The third-order valence-electron chi connectivity index (χ3n) is 5.46. The normalized spacial score (nSPS) is 25.7. The molecule has 2 aliphatic rings. The van der Waals surface area contributed by atoms with Gasteiger partial charge in [-0.25, -0.2) is 9.37 Å². The van der Waals surface area contributed by atoms with Gasteiger partial charge in [0.25, 0.3) is 5.91 Å². The fourth-order valence-corrected chi connectivity index (χ4v) is 4.34. The molecule has 1 aliphatic carbocycles. The number of fused-ring (bicyclic) bond motifs is 1. The molecule has 1 aromatic carbocycles. The summed E-state index contributed by atoms with van der Waals surface area (Å²) in [6.07, 6.45) is 7.86. The Balaban J connectivity index is 1.44. The second-order valence-electron chi connectivity index (χ2n) is 6.90. The Bertz CT molecular complexity index is 736. The molecule has 1 saturated heterocycles. The molecule has 0 unspecified atom stereocenters. The Kier molecular flexibility index (Phi) is 4.00. The van der Waals surface area contributed by atoms with Crippen LogP contribution in [0.3, 0.4) is 0 Å². The van der Waals surface area contributed by atoms with Gasteiger partial charge in [0, 0.05) is 25.5 Å². The summed E-state index contributed by atoms with van der Waals surface area (Å²) in [5.41, 5.74) is 1.47. The summed E-state index contributed by atoms with van der Waals surface area (Å²) in [7, 11) is 0. The maximum absolute atomic E-state index is 13.4. The molecule has 3 atom stereocenters.